The molecule has 0 amide bonds. The van der Waals surface area contributed by atoms with Crippen LogP contribution < -0.4 is 10.5 Å². The number of carbonyl (C=O) groups is 1. The minimum absolute atomic E-state index is 0.338. The fraction of sp³-hybridized carbons (Fsp3) is 0.500. The van der Waals surface area contributed by atoms with Crippen molar-refractivity contribution >= 4 is 5.97 Å². The summed E-state index contributed by atoms with van der Waals surface area (Å²) in [6, 6.07) is 0. The molecule has 0 aliphatic carbocycles. The summed E-state index contributed by atoms with van der Waals surface area (Å²) >= 11 is 0. The van der Waals surface area contributed by atoms with Crippen molar-refractivity contribution in [2.24, 2.45) is 12.8 Å². The van der Waals surface area contributed by atoms with Crippen LogP contribution in [0.5, 0.6) is 5.75 Å². The fourth-order valence-corrected chi connectivity index (χ4v) is 1.37. The molecule has 0 saturated carbocycles. The maximum absolute atomic E-state index is 12.8. The zero-order valence-corrected chi connectivity index (χ0v) is 8.95. The van der Waals surface area contributed by atoms with Crippen LogP contribution in [0.15, 0.2) is 6.20 Å². The van der Waals surface area contributed by atoms with E-state index in [0.717, 1.165) is 25.0 Å². The van der Waals surface area contributed by atoms with Gasteiger partial charge in [-0.1, -0.05) is 0 Å². The lowest BCUT2D eigenvalue weighted by atomic mass is 9.95. The van der Waals surface area contributed by atoms with E-state index in [4.69, 9.17) is 10.8 Å². The van der Waals surface area contributed by atoms with E-state index in [1.807, 2.05) is 0 Å². The standard InChI is InChI=1S/C8H10F3N3O3/c1-14-5(4(17-2)3-13-14)7(12,6(15)16)8(9,10)11/h3H,12H2,1-2H3,(H,15,16). The van der Waals surface area contributed by atoms with Crippen LogP contribution >= 0.6 is 0 Å². The van der Waals surface area contributed by atoms with Crippen molar-refractivity contribution in [1.29, 1.82) is 0 Å². The van der Waals surface area contributed by atoms with Crippen molar-refractivity contribution in [3.63, 3.8) is 0 Å². The molecule has 1 aromatic heterocycles. The number of nitrogens with two attached hydrogens (primary N) is 1. The number of carboxylic acid groups (broad SMARTS) is 1. The Morgan fingerprint density at radius 2 is 2.12 bits per heavy atom. The summed E-state index contributed by atoms with van der Waals surface area (Å²) in [7, 11) is 2.24. The minimum Gasteiger partial charge on any atom is -0.493 e. The number of hydrogen-bond donors (Lipinski definition) is 2. The third kappa shape index (κ3) is 1.82. The van der Waals surface area contributed by atoms with E-state index in [2.05, 4.69) is 9.84 Å². The van der Waals surface area contributed by atoms with Gasteiger partial charge >= 0.3 is 12.1 Å². The lowest BCUT2D eigenvalue weighted by Crippen LogP contribution is -2.57. The summed E-state index contributed by atoms with van der Waals surface area (Å²) in [4.78, 5) is 10.8. The van der Waals surface area contributed by atoms with Gasteiger partial charge in [0.05, 0.1) is 13.3 Å². The number of aryl methyl sites for hydroxylation is 1. The summed E-state index contributed by atoms with van der Waals surface area (Å²) in [6.07, 6.45) is -4.22. The maximum atomic E-state index is 12.8. The number of aromatic nitrogens is 2. The average Bonchev–Trinajstić information content (AvgIpc) is 2.56. The van der Waals surface area contributed by atoms with Gasteiger partial charge in [-0.25, -0.2) is 4.79 Å². The van der Waals surface area contributed by atoms with Crippen LogP contribution in [0.2, 0.25) is 0 Å². The van der Waals surface area contributed by atoms with E-state index in [1.54, 1.807) is 0 Å². The zero-order valence-electron chi connectivity index (χ0n) is 8.95. The van der Waals surface area contributed by atoms with E-state index in [9.17, 15) is 18.0 Å². The number of hydrogen-bond acceptors (Lipinski definition) is 4. The SMILES string of the molecule is COc1cnn(C)c1C(N)(C(=O)O)C(F)(F)F. The van der Waals surface area contributed by atoms with Crippen LogP contribution in [0, 0.1) is 0 Å². The van der Waals surface area contributed by atoms with Gasteiger partial charge in [0.2, 0.25) is 0 Å². The highest BCUT2D eigenvalue weighted by molar-refractivity contribution is 5.82. The van der Waals surface area contributed by atoms with Crippen LogP contribution in [0.1, 0.15) is 5.69 Å². The van der Waals surface area contributed by atoms with Gasteiger partial charge in [0, 0.05) is 7.05 Å². The topological polar surface area (TPSA) is 90.4 Å². The van der Waals surface area contributed by atoms with Gasteiger partial charge in [0.25, 0.3) is 5.54 Å². The van der Waals surface area contributed by atoms with Crippen molar-refractivity contribution in [3.8, 4) is 5.75 Å². The molecule has 0 aromatic carbocycles. The first kappa shape index (κ1) is 13.3. The van der Waals surface area contributed by atoms with Crippen molar-refractivity contribution in [1.82, 2.24) is 9.78 Å². The maximum Gasteiger partial charge on any atom is 0.423 e. The Morgan fingerprint density at radius 3 is 2.47 bits per heavy atom. The van der Waals surface area contributed by atoms with Gasteiger partial charge in [-0.3, -0.25) is 4.68 Å². The van der Waals surface area contributed by atoms with Crippen molar-refractivity contribution < 1.29 is 27.8 Å². The first-order valence-electron chi connectivity index (χ1n) is 4.31. The van der Waals surface area contributed by atoms with Crippen LogP contribution in [-0.2, 0) is 17.4 Å². The lowest BCUT2D eigenvalue weighted by Gasteiger charge is -2.27. The van der Waals surface area contributed by atoms with Crippen molar-refractivity contribution in [2.75, 3.05) is 7.11 Å². The van der Waals surface area contributed by atoms with Gasteiger partial charge in [0.1, 0.15) is 5.69 Å². The van der Waals surface area contributed by atoms with E-state index in [1.165, 1.54) is 0 Å². The Morgan fingerprint density at radius 1 is 1.59 bits per heavy atom. The summed E-state index contributed by atoms with van der Waals surface area (Å²) in [5.41, 5.74) is 0.666. The number of rotatable bonds is 3. The monoisotopic (exact) mass is 253 g/mol. The number of alkyl halides is 3. The van der Waals surface area contributed by atoms with Crippen LogP contribution in [0.25, 0.3) is 0 Å². The second-order valence-electron chi connectivity index (χ2n) is 3.30. The van der Waals surface area contributed by atoms with E-state index in [0.29, 0.717) is 0 Å². The first-order chi connectivity index (χ1) is 7.66. The molecule has 0 bridgehead atoms. The van der Waals surface area contributed by atoms with Gasteiger partial charge in [-0.15, -0.1) is 0 Å². The minimum atomic E-state index is -5.18. The van der Waals surface area contributed by atoms with Gasteiger partial charge in [-0.05, 0) is 0 Å². The molecule has 96 valence electrons. The average molecular weight is 253 g/mol. The Kier molecular flexibility index (Phi) is 3.06. The summed E-state index contributed by atoms with van der Waals surface area (Å²) < 4.78 is 43.8. The summed E-state index contributed by atoms with van der Waals surface area (Å²) in [6.45, 7) is 0. The summed E-state index contributed by atoms with van der Waals surface area (Å²) in [5, 5.41) is 12.2. The molecule has 0 saturated heterocycles. The molecular weight excluding hydrogens is 243 g/mol. The largest absolute Gasteiger partial charge is 0.493 e. The quantitative estimate of drug-likeness (QED) is 0.804. The van der Waals surface area contributed by atoms with E-state index in [-0.39, 0.29) is 5.75 Å². The molecular formula is C8H10F3N3O3. The number of carboxylic acids is 1. The fourth-order valence-electron chi connectivity index (χ4n) is 1.37. The highest BCUT2D eigenvalue weighted by Crippen LogP contribution is 2.40. The van der Waals surface area contributed by atoms with Crippen molar-refractivity contribution in [3.05, 3.63) is 11.9 Å². The first-order valence-corrected chi connectivity index (χ1v) is 4.31. The molecule has 6 nitrogen and oxygen atoms in total. The molecule has 1 atom stereocenters. The predicted octanol–water partition coefficient (Wildman–Crippen LogP) is 0.230. The van der Waals surface area contributed by atoms with Gasteiger partial charge in [-0.2, -0.15) is 18.3 Å². The zero-order chi connectivity index (χ0) is 13.4. The normalized spacial score (nSPS) is 15.4. The molecule has 0 aliphatic rings. The Hall–Kier alpha value is -1.77. The molecule has 9 heteroatoms. The highest BCUT2D eigenvalue weighted by atomic mass is 19.4. The van der Waals surface area contributed by atoms with Gasteiger partial charge < -0.3 is 15.6 Å². The number of nitrogens with zero attached hydrogens (tertiary/aromatic N) is 2. The predicted molar refractivity (Wildman–Crippen MR) is 49.3 cm³/mol. The highest BCUT2D eigenvalue weighted by Gasteiger charge is 2.62. The number of aliphatic carboxylic acids is 1. The molecule has 1 unspecified atom stereocenters. The molecule has 0 radical (unpaired) electrons. The number of methoxy groups -OCH3 is 1. The van der Waals surface area contributed by atoms with Crippen LogP contribution in [-0.4, -0.2) is 34.1 Å². The molecule has 1 heterocycles. The molecule has 17 heavy (non-hydrogen) atoms. The molecule has 1 rings (SSSR count). The molecule has 0 spiro atoms. The lowest BCUT2D eigenvalue weighted by molar-refractivity contribution is -0.206. The van der Waals surface area contributed by atoms with Gasteiger partial charge in [0.15, 0.2) is 5.75 Å². The number of halogens is 3. The Balaban J connectivity index is 3.54. The second kappa shape index (κ2) is 3.91. The molecule has 0 aliphatic heterocycles. The van der Waals surface area contributed by atoms with E-state index >= 15 is 0 Å². The van der Waals surface area contributed by atoms with Crippen molar-refractivity contribution in [2.45, 2.75) is 11.7 Å². The van der Waals surface area contributed by atoms with Crippen LogP contribution in [0.4, 0.5) is 13.2 Å². The Bertz CT molecular complexity index is 443. The Labute approximate surface area is 93.8 Å². The molecule has 1 aromatic rings. The second-order valence-corrected chi connectivity index (χ2v) is 3.30. The molecule has 0 fully saturated rings. The smallest absolute Gasteiger partial charge is 0.423 e. The van der Waals surface area contributed by atoms with E-state index < -0.39 is 23.4 Å². The van der Waals surface area contributed by atoms with Crippen LogP contribution in [0.3, 0.4) is 0 Å². The number of ether oxygens (including phenoxy) is 1. The molecule has 3 N–H and O–H groups in total. The third-order valence-electron chi connectivity index (χ3n) is 2.28. The summed E-state index contributed by atoms with van der Waals surface area (Å²) in [5.74, 6) is -2.57. The third-order valence-corrected chi connectivity index (χ3v) is 2.28.